The number of aromatic nitrogens is 2. The fraction of sp³-hybridized carbons (Fsp3) is 0.424. The molecule has 0 spiro atoms. The maximum atomic E-state index is 15.2. The summed E-state index contributed by atoms with van der Waals surface area (Å²) in [5.74, 6) is -1.58. The molecule has 11 rings (SSSR count). The number of rotatable bonds is 18. The van der Waals surface area contributed by atoms with E-state index < -0.39 is 48.3 Å². The number of likely N-dealkylation sites (tertiary alicyclic amines) is 2. The second-order valence-corrected chi connectivity index (χ2v) is 25.5. The second-order valence-electron chi connectivity index (χ2n) is 23.3. The van der Waals surface area contributed by atoms with Crippen molar-refractivity contribution in [1.82, 2.24) is 51.7 Å². The number of hydrogen-bond donors (Lipinski definition) is 6. The van der Waals surface area contributed by atoms with Crippen molar-refractivity contribution in [1.29, 1.82) is 0 Å². The average Bonchev–Trinajstić information content (AvgIpc) is 2.65. The number of thiazole rings is 2. The highest BCUT2D eigenvalue weighted by Crippen LogP contribution is 2.43. The first-order valence-electron chi connectivity index (χ1n) is 30.0. The summed E-state index contributed by atoms with van der Waals surface area (Å²) in [6.07, 6.45) is 10.2. The van der Waals surface area contributed by atoms with Gasteiger partial charge in [-0.3, -0.25) is 28.8 Å². The van der Waals surface area contributed by atoms with E-state index in [4.69, 9.17) is 9.97 Å². The molecule has 84 heavy (non-hydrogen) atoms. The van der Waals surface area contributed by atoms with Gasteiger partial charge in [0.15, 0.2) is 0 Å². The molecule has 4 fully saturated rings. The van der Waals surface area contributed by atoms with Crippen LogP contribution in [-0.4, -0.2) is 119 Å². The van der Waals surface area contributed by atoms with Crippen LogP contribution in [0.15, 0.2) is 121 Å². The van der Waals surface area contributed by atoms with E-state index in [9.17, 15) is 19.2 Å². The molecule has 16 nitrogen and oxygen atoms in total. The summed E-state index contributed by atoms with van der Waals surface area (Å²) < 4.78 is 1.98. The van der Waals surface area contributed by atoms with E-state index in [1.807, 2.05) is 70.5 Å². The number of para-hydroxylation sites is 2. The van der Waals surface area contributed by atoms with Crippen LogP contribution in [0.4, 0.5) is 0 Å². The van der Waals surface area contributed by atoms with Gasteiger partial charge in [0.2, 0.25) is 23.6 Å². The van der Waals surface area contributed by atoms with Crippen LogP contribution in [0.1, 0.15) is 134 Å². The van der Waals surface area contributed by atoms with Crippen LogP contribution in [-0.2, 0) is 19.2 Å². The van der Waals surface area contributed by atoms with Crippen LogP contribution in [0.2, 0.25) is 0 Å². The molecule has 5 aromatic carbocycles. The molecule has 8 atom stereocenters. The van der Waals surface area contributed by atoms with Gasteiger partial charge >= 0.3 is 0 Å². The molecule has 438 valence electrons. The number of benzene rings is 5. The summed E-state index contributed by atoms with van der Waals surface area (Å²) >= 11 is 3.09. The largest absolute Gasteiger partial charge is 0.347 e. The Balaban J connectivity index is 0.827. The van der Waals surface area contributed by atoms with Crippen LogP contribution in [0, 0.1) is 11.8 Å². The maximum Gasteiger partial charge on any atom is 0.251 e. The van der Waals surface area contributed by atoms with Crippen molar-refractivity contribution in [3.63, 3.8) is 0 Å². The standard InChI is InChI=1S/C66H76N10O6S2/c1-39(67-3)59(77)71-55(43-23-13-7-14-24-43)65(81)75-37-47(35-51(75)63-73-57-49(27-17-29-53(57)83-63)41-19-9-5-10-20-41)69-61(79)45-31-33-46(34-32-45)62(80)70-48-36-52(64-74-58-50(28-18-30-54(58)84-64)42-21-11-6-12-22-42)76(38-48)66(82)56(44-25-15-8-16-26-44)72-60(78)40(2)68-4/h5-6,9-12,17-22,27-34,39-40,43-44,47-48,51-52,55-56,67-68H,7-8,13-16,23-26,35-38H2,1-4H3,(H,69,79)(H,70,80)(H,71,77)(H,72,78)/t39-,40-,47-,48-,51-,52-,55-,56-/m0/s1. The summed E-state index contributed by atoms with van der Waals surface area (Å²) in [4.78, 5) is 100. The van der Waals surface area contributed by atoms with E-state index in [0.717, 1.165) is 117 Å². The lowest BCUT2D eigenvalue weighted by Crippen LogP contribution is -2.56. The summed E-state index contributed by atoms with van der Waals surface area (Å²) in [5, 5.41) is 20.3. The molecule has 0 radical (unpaired) electrons. The Morgan fingerprint density at radius 2 is 0.869 bits per heavy atom. The smallest absolute Gasteiger partial charge is 0.251 e. The summed E-state index contributed by atoms with van der Waals surface area (Å²) in [6, 6.07) is 34.7. The lowest BCUT2D eigenvalue weighted by molar-refractivity contribution is -0.139. The fourth-order valence-corrected chi connectivity index (χ4v) is 15.2. The van der Waals surface area contributed by atoms with E-state index in [-0.39, 0.29) is 60.4 Å². The van der Waals surface area contributed by atoms with Crippen LogP contribution in [0.3, 0.4) is 0 Å². The Kier molecular flexibility index (Phi) is 18.3. The van der Waals surface area contributed by atoms with Crippen LogP contribution in [0.25, 0.3) is 42.7 Å². The predicted octanol–water partition coefficient (Wildman–Crippen LogP) is 9.73. The highest BCUT2D eigenvalue weighted by Gasteiger charge is 2.46. The molecule has 2 aliphatic carbocycles. The van der Waals surface area contributed by atoms with E-state index in [2.05, 4.69) is 68.3 Å². The third-order valence-electron chi connectivity index (χ3n) is 17.9. The van der Waals surface area contributed by atoms with Gasteiger partial charge in [0.05, 0.1) is 44.6 Å². The highest BCUT2D eigenvalue weighted by molar-refractivity contribution is 7.19. The zero-order valence-corrected chi connectivity index (χ0v) is 49.9. The SMILES string of the molecule is CN[C@@H](C)C(=O)N[C@H](C(=O)N1C[C@@H](NC(=O)c2ccc(C(=O)N[C@H]3C[C@@H](c4nc5c(-c6ccccc6)cccc5s4)N(C(=O)[C@@H](NC(=O)[C@H](C)NC)C4CCCCC4)C3)cc2)C[C@H]1c1nc2c(-c3ccccc3)cccc2s1)C1CCCCC1. The topological polar surface area (TPSA) is 207 Å². The molecular formula is C66H76N10O6S2. The molecule has 6 amide bonds. The third kappa shape index (κ3) is 12.7. The second kappa shape index (κ2) is 26.3. The molecule has 0 bridgehead atoms. The maximum absolute atomic E-state index is 15.2. The zero-order valence-electron chi connectivity index (χ0n) is 48.3. The molecule has 7 aromatic rings. The van der Waals surface area contributed by atoms with Gasteiger partial charge in [-0.15, -0.1) is 22.7 Å². The summed E-state index contributed by atoms with van der Waals surface area (Å²) in [6.45, 7) is 4.00. The summed E-state index contributed by atoms with van der Waals surface area (Å²) in [7, 11) is 3.46. The Labute approximate surface area is 499 Å². The number of amides is 6. The van der Waals surface area contributed by atoms with Crippen LogP contribution in [0.5, 0.6) is 0 Å². The van der Waals surface area contributed by atoms with Crippen LogP contribution >= 0.6 is 22.7 Å². The van der Waals surface area contributed by atoms with Gasteiger partial charge in [0, 0.05) is 47.4 Å². The number of carbonyl (C=O) groups excluding carboxylic acids is 6. The molecule has 2 saturated heterocycles. The quantitative estimate of drug-likeness (QED) is 0.0480. The van der Waals surface area contributed by atoms with Gasteiger partial charge in [0.25, 0.3) is 11.8 Å². The molecule has 4 aliphatic rings. The number of fused-ring (bicyclic) bond motifs is 2. The fourth-order valence-electron chi connectivity index (χ4n) is 12.9. The molecular weight excluding hydrogens is 1090 g/mol. The molecule has 6 N–H and O–H groups in total. The lowest BCUT2D eigenvalue weighted by Gasteiger charge is -2.35. The third-order valence-corrected chi connectivity index (χ3v) is 20.1. The minimum Gasteiger partial charge on any atom is -0.347 e. The normalized spacial score (nSPS) is 21.0. The molecule has 2 aliphatic heterocycles. The Bertz CT molecular complexity index is 3260. The number of hydrogen-bond acceptors (Lipinski definition) is 12. The number of likely N-dealkylation sites (N-methyl/N-ethyl adjacent to an activating group) is 2. The molecule has 2 saturated carbocycles. The first-order chi connectivity index (χ1) is 40.8. The van der Waals surface area contributed by atoms with Gasteiger partial charge in [0.1, 0.15) is 22.1 Å². The zero-order chi connectivity index (χ0) is 58.4. The number of nitrogens with one attached hydrogen (secondary N) is 6. The first-order valence-corrected chi connectivity index (χ1v) is 31.7. The van der Waals surface area contributed by atoms with Gasteiger partial charge in [-0.2, -0.15) is 0 Å². The average molecular weight is 1170 g/mol. The van der Waals surface area contributed by atoms with E-state index in [1.165, 1.54) is 0 Å². The van der Waals surface area contributed by atoms with Crippen molar-refractivity contribution in [3.05, 3.63) is 142 Å². The molecule has 4 heterocycles. The van der Waals surface area contributed by atoms with Crippen LogP contribution < -0.4 is 31.9 Å². The number of nitrogens with zero attached hydrogens (tertiary/aromatic N) is 4. The van der Waals surface area contributed by atoms with Crippen molar-refractivity contribution in [2.45, 2.75) is 139 Å². The monoisotopic (exact) mass is 1170 g/mol. The predicted molar refractivity (Wildman–Crippen MR) is 331 cm³/mol. The molecule has 18 heteroatoms. The van der Waals surface area contributed by atoms with E-state index in [1.54, 1.807) is 74.9 Å². The van der Waals surface area contributed by atoms with Gasteiger partial charge < -0.3 is 41.7 Å². The van der Waals surface area contributed by atoms with Gasteiger partial charge in [-0.25, -0.2) is 9.97 Å². The van der Waals surface area contributed by atoms with Crippen molar-refractivity contribution in [3.8, 4) is 22.3 Å². The van der Waals surface area contributed by atoms with Crippen molar-refractivity contribution < 1.29 is 28.8 Å². The first kappa shape index (κ1) is 58.4. The van der Waals surface area contributed by atoms with E-state index in [0.29, 0.717) is 24.0 Å². The molecule has 0 unspecified atom stereocenters. The van der Waals surface area contributed by atoms with Crippen molar-refractivity contribution in [2.24, 2.45) is 11.8 Å². The Hall–Kier alpha value is -7.38. The Morgan fingerprint density at radius 1 is 0.488 bits per heavy atom. The van der Waals surface area contributed by atoms with Crippen molar-refractivity contribution in [2.75, 3.05) is 27.2 Å². The lowest BCUT2D eigenvalue weighted by atomic mass is 9.83. The van der Waals surface area contributed by atoms with Crippen molar-refractivity contribution >= 4 is 78.5 Å². The Morgan fingerprint density at radius 3 is 1.24 bits per heavy atom. The minimum absolute atomic E-state index is 0.0294. The molecule has 2 aromatic heterocycles. The minimum atomic E-state index is -0.740. The van der Waals surface area contributed by atoms with E-state index >= 15 is 9.59 Å². The summed E-state index contributed by atoms with van der Waals surface area (Å²) in [5.41, 5.74) is 6.46. The van der Waals surface area contributed by atoms with Gasteiger partial charge in [-0.05, 0) is 126 Å². The highest BCUT2D eigenvalue weighted by atomic mass is 32.1. The number of carbonyl (C=O) groups is 6. The van der Waals surface area contributed by atoms with Gasteiger partial charge in [-0.1, -0.05) is 123 Å².